The van der Waals surface area contributed by atoms with Gasteiger partial charge in [-0.25, -0.2) is 18.2 Å². The van der Waals surface area contributed by atoms with Gasteiger partial charge in [-0.05, 0) is 82.3 Å². The number of carbonyl (C=O) groups excluding carboxylic acids is 2. The van der Waals surface area contributed by atoms with E-state index in [1.165, 1.54) is 18.2 Å². The van der Waals surface area contributed by atoms with Crippen LogP contribution in [0.15, 0.2) is 77.7 Å². The zero-order valence-electron chi connectivity index (χ0n) is 27.2. The van der Waals surface area contributed by atoms with Crippen LogP contribution >= 0.6 is 0 Å². The van der Waals surface area contributed by atoms with E-state index < -0.39 is 45.0 Å². The van der Waals surface area contributed by atoms with Crippen molar-refractivity contribution in [3.05, 3.63) is 89.6 Å². The van der Waals surface area contributed by atoms with E-state index in [-0.39, 0.29) is 28.4 Å². The van der Waals surface area contributed by atoms with Crippen LogP contribution in [-0.2, 0) is 36.1 Å². The molecule has 0 radical (unpaired) electrons. The number of pyridine rings is 1. The molecular weight excluding hydrogens is 578 g/mol. The molecule has 1 amide bonds. The summed E-state index contributed by atoms with van der Waals surface area (Å²) in [5, 5.41) is 1.91. The van der Waals surface area contributed by atoms with Crippen LogP contribution in [0, 0.1) is 0 Å². The predicted octanol–water partition coefficient (Wildman–Crippen LogP) is 6.72. The maximum atomic E-state index is 14.0. The van der Waals surface area contributed by atoms with E-state index in [2.05, 4.69) is 31.1 Å². The highest BCUT2D eigenvalue weighted by molar-refractivity contribution is 7.91. The van der Waals surface area contributed by atoms with Gasteiger partial charge in [0.1, 0.15) is 23.6 Å². The van der Waals surface area contributed by atoms with Gasteiger partial charge in [0.15, 0.2) is 15.2 Å². The van der Waals surface area contributed by atoms with E-state index in [9.17, 15) is 18.0 Å². The van der Waals surface area contributed by atoms with Crippen LogP contribution < -0.4 is 10.2 Å². The number of ether oxygens (including phenoxy) is 2. The van der Waals surface area contributed by atoms with Crippen LogP contribution in [0.1, 0.15) is 84.5 Å². The van der Waals surface area contributed by atoms with Crippen LogP contribution in [0.4, 0.5) is 10.6 Å². The molecule has 9 nitrogen and oxygen atoms in total. The number of carbonyl (C=O) groups is 2. The molecule has 3 aromatic rings. The van der Waals surface area contributed by atoms with Gasteiger partial charge < -0.3 is 9.47 Å². The lowest BCUT2D eigenvalue weighted by molar-refractivity contribution is -0.153. The minimum Gasteiger partial charge on any atom is -0.459 e. The third-order valence-corrected chi connectivity index (χ3v) is 8.27. The van der Waals surface area contributed by atoms with Crippen LogP contribution in [0.5, 0.6) is 0 Å². The highest BCUT2D eigenvalue weighted by Gasteiger charge is 2.33. The first-order valence-electron chi connectivity index (χ1n) is 14.6. The zero-order chi connectivity index (χ0) is 32.9. The van der Waals surface area contributed by atoms with E-state index in [0.29, 0.717) is 0 Å². The van der Waals surface area contributed by atoms with Crippen molar-refractivity contribution in [2.75, 3.05) is 11.4 Å². The van der Waals surface area contributed by atoms with Crippen LogP contribution in [0.2, 0.25) is 0 Å². The first kappa shape index (κ1) is 34.7. The van der Waals surface area contributed by atoms with Gasteiger partial charge in [0.2, 0.25) is 0 Å². The lowest BCUT2D eigenvalue weighted by Gasteiger charge is -2.28. The fraction of sp³-hybridized carbons (Fsp3) is 0.441. The SMILES string of the molecule is CC(C)(C)OC(=O)CN(C(=O)OC(C)(C)C)c1cccc(C(NCc2ccc(C(C)(C)C)cc2)S(=O)(=O)c2ccccc2)n1. The standard InChI is InChI=1S/C34H45N3O6S/c1-32(2,3)25-20-18-24(19-21-25)22-35-30(44(40,41)26-14-11-10-12-15-26)27-16-13-17-28(36-27)37(31(39)43-34(7,8)9)23-29(38)42-33(4,5)6/h10-21,30,35H,22-23H2,1-9H3. The summed E-state index contributed by atoms with van der Waals surface area (Å²) in [6.45, 7) is 16.4. The molecule has 0 fully saturated rings. The van der Waals surface area contributed by atoms with Gasteiger partial charge in [-0.15, -0.1) is 0 Å². The Morgan fingerprint density at radius 3 is 1.93 bits per heavy atom. The molecule has 44 heavy (non-hydrogen) atoms. The van der Waals surface area contributed by atoms with Gasteiger partial charge in [-0.2, -0.15) is 0 Å². The Bertz CT molecular complexity index is 1530. The summed E-state index contributed by atoms with van der Waals surface area (Å²) in [7, 11) is -3.99. The Kier molecular flexibility index (Phi) is 10.6. The molecule has 0 aliphatic rings. The molecule has 0 bridgehead atoms. The third kappa shape index (κ3) is 9.89. The van der Waals surface area contributed by atoms with Gasteiger partial charge in [0, 0.05) is 6.54 Å². The number of anilines is 1. The van der Waals surface area contributed by atoms with Crippen molar-refractivity contribution < 1.29 is 27.5 Å². The number of benzene rings is 2. The molecule has 1 N–H and O–H groups in total. The average molecular weight is 624 g/mol. The second-order valence-corrected chi connectivity index (χ2v) is 15.7. The fourth-order valence-electron chi connectivity index (χ4n) is 4.25. The summed E-state index contributed by atoms with van der Waals surface area (Å²) in [4.78, 5) is 31.9. The molecule has 1 atom stereocenters. The predicted molar refractivity (Wildman–Crippen MR) is 172 cm³/mol. The number of hydrogen-bond acceptors (Lipinski definition) is 8. The summed E-state index contributed by atoms with van der Waals surface area (Å²) in [6, 6.07) is 20.8. The van der Waals surface area contributed by atoms with Crippen molar-refractivity contribution >= 4 is 27.7 Å². The summed E-state index contributed by atoms with van der Waals surface area (Å²) in [5.74, 6) is -0.618. The quantitative estimate of drug-likeness (QED) is 0.261. The Morgan fingerprint density at radius 1 is 0.795 bits per heavy atom. The number of nitrogens with one attached hydrogen (secondary N) is 1. The molecular formula is C34H45N3O6S. The van der Waals surface area contributed by atoms with Gasteiger partial charge >= 0.3 is 12.1 Å². The molecule has 10 heteroatoms. The number of rotatable bonds is 9. The molecule has 0 aliphatic carbocycles. The number of sulfone groups is 1. The Morgan fingerprint density at radius 2 is 1.39 bits per heavy atom. The summed E-state index contributed by atoms with van der Waals surface area (Å²) in [5.41, 5.74) is 0.545. The monoisotopic (exact) mass is 623 g/mol. The first-order chi connectivity index (χ1) is 20.3. The normalized spacial score (nSPS) is 13.2. The minimum atomic E-state index is -3.99. The average Bonchev–Trinajstić information content (AvgIpc) is 2.90. The first-order valence-corrected chi connectivity index (χ1v) is 16.1. The lowest BCUT2D eigenvalue weighted by atomic mass is 9.87. The summed E-state index contributed by atoms with van der Waals surface area (Å²) < 4.78 is 39.0. The number of nitrogens with zero attached hydrogens (tertiary/aromatic N) is 2. The summed E-state index contributed by atoms with van der Waals surface area (Å²) >= 11 is 0. The van der Waals surface area contributed by atoms with Gasteiger partial charge in [-0.3, -0.25) is 15.0 Å². The lowest BCUT2D eigenvalue weighted by Crippen LogP contribution is -2.42. The molecule has 1 unspecified atom stereocenters. The Balaban J connectivity index is 2.04. The topological polar surface area (TPSA) is 115 Å². The molecule has 0 spiro atoms. The third-order valence-electron chi connectivity index (χ3n) is 6.32. The van der Waals surface area contributed by atoms with E-state index in [0.717, 1.165) is 16.0 Å². The van der Waals surface area contributed by atoms with E-state index >= 15 is 0 Å². The molecule has 1 heterocycles. The number of hydrogen-bond donors (Lipinski definition) is 1. The van der Waals surface area contributed by atoms with Crippen molar-refractivity contribution in [1.29, 1.82) is 0 Å². The molecule has 1 aromatic heterocycles. The van der Waals surface area contributed by atoms with E-state index in [4.69, 9.17) is 9.47 Å². The van der Waals surface area contributed by atoms with E-state index in [1.807, 2.05) is 24.3 Å². The van der Waals surface area contributed by atoms with Crippen molar-refractivity contribution in [2.24, 2.45) is 0 Å². The second-order valence-electron chi connectivity index (χ2n) is 13.6. The van der Waals surface area contributed by atoms with Crippen LogP contribution in [-0.4, -0.2) is 43.2 Å². The highest BCUT2D eigenvalue weighted by Crippen LogP contribution is 2.29. The van der Waals surface area contributed by atoms with Crippen molar-refractivity contribution in [1.82, 2.24) is 10.3 Å². The smallest absolute Gasteiger partial charge is 0.416 e. The maximum Gasteiger partial charge on any atom is 0.416 e. The molecule has 3 rings (SSSR count). The second kappa shape index (κ2) is 13.5. The zero-order valence-corrected chi connectivity index (χ0v) is 28.0. The largest absolute Gasteiger partial charge is 0.459 e. The Labute approximate surface area is 261 Å². The van der Waals surface area contributed by atoms with Gasteiger partial charge in [-0.1, -0.05) is 69.3 Å². The van der Waals surface area contributed by atoms with Crippen LogP contribution in [0.25, 0.3) is 0 Å². The highest BCUT2D eigenvalue weighted by atomic mass is 32.2. The Hall–Kier alpha value is -3.76. The summed E-state index contributed by atoms with van der Waals surface area (Å²) in [6.07, 6.45) is -0.817. The number of aromatic nitrogens is 1. The number of amides is 1. The number of esters is 1. The fourth-order valence-corrected chi connectivity index (χ4v) is 5.81. The van der Waals surface area contributed by atoms with Gasteiger partial charge in [0.25, 0.3) is 0 Å². The minimum absolute atomic E-state index is 0.0190. The molecule has 238 valence electrons. The molecule has 0 saturated heterocycles. The molecule has 2 aromatic carbocycles. The van der Waals surface area contributed by atoms with Crippen molar-refractivity contribution in [3.8, 4) is 0 Å². The van der Waals surface area contributed by atoms with Crippen molar-refractivity contribution in [2.45, 2.75) is 95.7 Å². The van der Waals surface area contributed by atoms with Gasteiger partial charge in [0.05, 0.1) is 10.6 Å². The van der Waals surface area contributed by atoms with Crippen LogP contribution in [0.3, 0.4) is 0 Å². The molecule has 0 aliphatic heterocycles. The van der Waals surface area contributed by atoms with Crippen molar-refractivity contribution in [3.63, 3.8) is 0 Å². The maximum absolute atomic E-state index is 14.0. The van der Waals surface area contributed by atoms with E-state index in [1.54, 1.807) is 71.9 Å². The molecule has 0 saturated carbocycles.